The zero-order valence-corrected chi connectivity index (χ0v) is 10.4. The second-order valence-electron chi connectivity index (χ2n) is 4.65. The van der Waals surface area contributed by atoms with Gasteiger partial charge < -0.3 is 4.55 Å². The Labute approximate surface area is 99.4 Å². The minimum absolute atomic E-state index is 0.431. The van der Waals surface area contributed by atoms with Crippen LogP contribution in [0.4, 0.5) is 0 Å². The van der Waals surface area contributed by atoms with Crippen LogP contribution in [0.15, 0.2) is 23.1 Å². The summed E-state index contributed by atoms with van der Waals surface area (Å²) in [6, 6.07) is 5.70. The highest BCUT2D eigenvalue weighted by Crippen LogP contribution is 2.33. The van der Waals surface area contributed by atoms with Crippen LogP contribution in [0.25, 0.3) is 0 Å². The van der Waals surface area contributed by atoms with Crippen LogP contribution in [0, 0.1) is 6.92 Å². The van der Waals surface area contributed by atoms with Crippen LogP contribution < -0.4 is 0 Å². The van der Waals surface area contributed by atoms with Gasteiger partial charge in [-0.2, -0.15) is 0 Å². The molecule has 0 bridgehead atoms. The normalized spacial score (nSPS) is 19.6. The molecule has 2 rings (SSSR count). The fraction of sp³-hybridized carbons (Fsp3) is 0.538. The van der Waals surface area contributed by atoms with Gasteiger partial charge in [0.05, 0.1) is 0 Å². The minimum atomic E-state index is -2.10. The minimum Gasteiger partial charge on any atom is -0.768 e. The van der Waals surface area contributed by atoms with E-state index in [9.17, 15) is 8.76 Å². The highest BCUT2D eigenvalue weighted by molar-refractivity contribution is 7.79. The maximum atomic E-state index is 11.0. The first-order valence-corrected chi connectivity index (χ1v) is 6.95. The van der Waals surface area contributed by atoms with Crippen LogP contribution in [0.1, 0.15) is 49.1 Å². The van der Waals surface area contributed by atoms with E-state index in [1.54, 1.807) is 6.07 Å². The van der Waals surface area contributed by atoms with Gasteiger partial charge in [0.25, 0.3) is 0 Å². The van der Waals surface area contributed by atoms with E-state index in [0.717, 1.165) is 5.56 Å². The predicted octanol–water partition coefficient (Wildman–Crippen LogP) is 3.28. The Bertz CT molecular complexity index is 395. The van der Waals surface area contributed by atoms with Crippen molar-refractivity contribution in [1.29, 1.82) is 0 Å². The van der Waals surface area contributed by atoms with Gasteiger partial charge in [0.2, 0.25) is 0 Å². The standard InChI is InChI=1S/C13H18O2S/c1-10-7-12(9-13(8-10)16(14)15)11-5-3-2-4-6-11/h7-9,11H,2-6H2,1H3,(H,14,15)/p-1. The third kappa shape index (κ3) is 2.71. The number of aryl methyl sites for hydroxylation is 1. The molecule has 0 heterocycles. The average molecular weight is 237 g/mol. The summed E-state index contributed by atoms with van der Waals surface area (Å²) >= 11 is -2.10. The molecule has 0 spiro atoms. The Morgan fingerprint density at radius 3 is 2.50 bits per heavy atom. The summed E-state index contributed by atoms with van der Waals surface area (Å²) in [6.45, 7) is 1.96. The zero-order valence-electron chi connectivity index (χ0n) is 9.57. The summed E-state index contributed by atoms with van der Waals surface area (Å²) < 4.78 is 22.0. The highest BCUT2D eigenvalue weighted by atomic mass is 32.2. The molecule has 0 saturated heterocycles. The molecule has 1 saturated carbocycles. The molecular weight excluding hydrogens is 220 g/mol. The lowest BCUT2D eigenvalue weighted by Crippen LogP contribution is -2.05. The van der Waals surface area contributed by atoms with Crippen molar-refractivity contribution in [1.82, 2.24) is 0 Å². The second-order valence-corrected chi connectivity index (χ2v) is 5.59. The fourth-order valence-electron chi connectivity index (χ4n) is 2.54. The highest BCUT2D eigenvalue weighted by Gasteiger charge is 2.16. The summed E-state index contributed by atoms with van der Waals surface area (Å²) in [5, 5.41) is 0. The first-order valence-electron chi connectivity index (χ1n) is 5.87. The lowest BCUT2D eigenvalue weighted by molar-refractivity contribution is 0.443. The van der Waals surface area contributed by atoms with Crippen molar-refractivity contribution in [3.63, 3.8) is 0 Å². The Morgan fingerprint density at radius 2 is 1.88 bits per heavy atom. The first-order chi connectivity index (χ1) is 7.66. The van der Waals surface area contributed by atoms with Crippen LogP contribution >= 0.6 is 0 Å². The van der Waals surface area contributed by atoms with E-state index < -0.39 is 11.1 Å². The van der Waals surface area contributed by atoms with Crippen molar-refractivity contribution in [2.45, 2.75) is 49.8 Å². The van der Waals surface area contributed by atoms with Gasteiger partial charge in [-0.25, -0.2) is 0 Å². The zero-order chi connectivity index (χ0) is 11.5. The van der Waals surface area contributed by atoms with Gasteiger partial charge in [0, 0.05) is 4.90 Å². The third-order valence-electron chi connectivity index (χ3n) is 3.34. The van der Waals surface area contributed by atoms with Gasteiger partial charge in [0.1, 0.15) is 0 Å². The molecule has 0 aromatic heterocycles. The van der Waals surface area contributed by atoms with E-state index in [2.05, 4.69) is 6.07 Å². The molecule has 1 fully saturated rings. The Morgan fingerprint density at radius 1 is 1.19 bits per heavy atom. The molecule has 3 heteroatoms. The van der Waals surface area contributed by atoms with Crippen molar-refractivity contribution in [3.8, 4) is 0 Å². The van der Waals surface area contributed by atoms with E-state index in [-0.39, 0.29) is 0 Å². The number of hydrogen-bond donors (Lipinski definition) is 0. The van der Waals surface area contributed by atoms with E-state index in [1.807, 2.05) is 13.0 Å². The van der Waals surface area contributed by atoms with Gasteiger partial charge in [-0.1, -0.05) is 25.3 Å². The van der Waals surface area contributed by atoms with Crippen molar-refractivity contribution in [3.05, 3.63) is 29.3 Å². The van der Waals surface area contributed by atoms with Crippen molar-refractivity contribution < 1.29 is 8.76 Å². The maximum absolute atomic E-state index is 11.0. The van der Waals surface area contributed by atoms with Gasteiger partial charge in [-0.3, -0.25) is 4.21 Å². The molecule has 1 unspecified atom stereocenters. The van der Waals surface area contributed by atoms with Gasteiger partial charge >= 0.3 is 0 Å². The van der Waals surface area contributed by atoms with E-state index in [4.69, 9.17) is 0 Å². The SMILES string of the molecule is Cc1cc(C2CCCCC2)cc(S(=O)[O-])c1. The van der Waals surface area contributed by atoms with Crippen LogP contribution in [0.5, 0.6) is 0 Å². The van der Waals surface area contributed by atoms with E-state index >= 15 is 0 Å². The Kier molecular flexibility index (Phi) is 3.77. The van der Waals surface area contributed by atoms with Gasteiger partial charge in [-0.15, -0.1) is 0 Å². The molecule has 2 nitrogen and oxygen atoms in total. The monoisotopic (exact) mass is 237 g/mol. The molecule has 1 aliphatic carbocycles. The summed E-state index contributed by atoms with van der Waals surface area (Å²) in [4.78, 5) is 0.431. The second kappa shape index (κ2) is 5.11. The lowest BCUT2D eigenvalue weighted by Gasteiger charge is -2.23. The van der Waals surface area contributed by atoms with Crippen LogP contribution in [0.2, 0.25) is 0 Å². The molecule has 16 heavy (non-hydrogen) atoms. The maximum Gasteiger partial charge on any atom is 0.0254 e. The van der Waals surface area contributed by atoms with Crippen molar-refractivity contribution in [2.75, 3.05) is 0 Å². The molecule has 0 aliphatic heterocycles. The topological polar surface area (TPSA) is 40.1 Å². The average Bonchev–Trinajstić information content (AvgIpc) is 2.29. The molecule has 1 atom stereocenters. The summed E-state index contributed by atoms with van der Waals surface area (Å²) in [5.41, 5.74) is 2.25. The number of rotatable bonds is 2. The van der Waals surface area contributed by atoms with E-state index in [0.29, 0.717) is 10.8 Å². The smallest absolute Gasteiger partial charge is 0.0254 e. The van der Waals surface area contributed by atoms with Crippen molar-refractivity contribution >= 4 is 11.1 Å². The molecular formula is C13H17O2S-. The number of hydrogen-bond acceptors (Lipinski definition) is 2. The third-order valence-corrected chi connectivity index (χ3v) is 3.96. The van der Waals surface area contributed by atoms with Crippen LogP contribution in [0.3, 0.4) is 0 Å². The van der Waals surface area contributed by atoms with Gasteiger partial charge in [-0.05, 0) is 60.0 Å². The quantitative estimate of drug-likeness (QED) is 0.740. The summed E-state index contributed by atoms with van der Waals surface area (Å²) in [5.74, 6) is 0.566. The van der Waals surface area contributed by atoms with Crippen LogP contribution in [-0.4, -0.2) is 8.76 Å². The lowest BCUT2D eigenvalue weighted by atomic mass is 9.84. The molecule has 1 aromatic rings. The fourth-order valence-corrected chi connectivity index (χ4v) is 3.06. The predicted molar refractivity (Wildman–Crippen MR) is 64.2 cm³/mol. The molecule has 88 valence electrons. The van der Waals surface area contributed by atoms with Crippen LogP contribution in [-0.2, 0) is 11.1 Å². The molecule has 0 radical (unpaired) electrons. The summed E-state index contributed by atoms with van der Waals surface area (Å²) in [7, 11) is 0. The Hall–Kier alpha value is -0.670. The molecule has 1 aliphatic rings. The Balaban J connectivity index is 2.28. The summed E-state index contributed by atoms with van der Waals surface area (Å²) in [6.07, 6.45) is 6.27. The molecule has 0 amide bonds. The van der Waals surface area contributed by atoms with E-state index in [1.165, 1.54) is 37.7 Å². The van der Waals surface area contributed by atoms with Crippen molar-refractivity contribution in [2.24, 2.45) is 0 Å². The molecule has 1 aromatic carbocycles. The largest absolute Gasteiger partial charge is 0.768 e. The first kappa shape index (κ1) is 11.8. The van der Waals surface area contributed by atoms with Gasteiger partial charge in [0.15, 0.2) is 0 Å². The molecule has 0 N–H and O–H groups in total. The number of benzene rings is 1.